The zero-order valence-corrected chi connectivity index (χ0v) is 15.2. The number of aryl methyl sites for hydroxylation is 1. The number of fused-ring (bicyclic) bond motifs is 1. The Morgan fingerprint density at radius 1 is 1.30 bits per heavy atom. The van der Waals surface area contributed by atoms with Gasteiger partial charge in [0.2, 0.25) is 0 Å². The Bertz CT molecular complexity index is 974. The second-order valence-electron chi connectivity index (χ2n) is 6.72. The van der Waals surface area contributed by atoms with Gasteiger partial charge in [0.15, 0.2) is 17.5 Å². The monoisotopic (exact) mass is 394 g/mol. The summed E-state index contributed by atoms with van der Waals surface area (Å²) < 4.78 is 53.1. The second kappa shape index (κ2) is 6.65. The Hall–Kier alpha value is -2.39. The Balaban J connectivity index is 1.67. The van der Waals surface area contributed by atoms with E-state index in [0.717, 1.165) is 25.0 Å². The van der Waals surface area contributed by atoms with E-state index in [9.17, 15) is 18.0 Å². The lowest BCUT2D eigenvalue weighted by molar-refractivity contribution is 0.101. The molecule has 142 valence electrons. The smallest absolute Gasteiger partial charge is 0.272 e. The van der Waals surface area contributed by atoms with E-state index in [1.807, 2.05) is 12.2 Å². The van der Waals surface area contributed by atoms with Crippen molar-refractivity contribution in [2.45, 2.75) is 23.8 Å². The molecule has 2 aromatic rings. The maximum atomic E-state index is 13.4. The summed E-state index contributed by atoms with van der Waals surface area (Å²) in [5.41, 5.74) is 0.698. The standard InChI is InChI=1S/C18H17F3N4OS/c1-25-8-15-11(4-5-14(9-2-3-9)24-27(15)22)17(25)18(26)23-10-6-12(19)16(21)13(20)7-10/h4-9,14H,2-3H2,1H3,(H2,22,24)(H,23,26). The van der Waals surface area contributed by atoms with Crippen molar-refractivity contribution >= 4 is 28.5 Å². The molecule has 4 rings (SSSR count). The fourth-order valence-electron chi connectivity index (χ4n) is 3.19. The van der Waals surface area contributed by atoms with E-state index >= 15 is 0 Å². The third-order valence-corrected chi connectivity index (χ3v) is 5.99. The predicted molar refractivity (Wildman–Crippen MR) is 96.7 cm³/mol. The predicted octanol–water partition coefficient (Wildman–Crippen LogP) is 3.74. The van der Waals surface area contributed by atoms with Crippen molar-refractivity contribution in [2.75, 3.05) is 5.32 Å². The summed E-state index contributed by atoms with van der Waals surface area (Å²) in [5, 5.41) is 2.41. The molecule has 3 N–H and O–H groups in total. The molecular weight excluding hydrogens is 377 g/mol. The molecule has 0 bridgehead atoms. The number of carbonyl (C=O) groups excluding carboxylic acids is 1. The van der Waals surface area contributed by atoms with Gasteiger partial charge in [-0.2, -0.15) is 0 Å². The quantitative estimate of drug-likeness (QED) is 0.694. The van der Waals surface area contributed by atoms with Crippen LogP contribution in [0.4, 0.5) is 18.9 Å². The highest BCUT2D eigenvalue weighted by molar-refractivity contribution is 7.84. The number of hydrogen-bond donors (Lipinski definition) is 3. The molecule has 1 aromatic carbocycles. The third kappa shape index (κ3) is 3.32. The molecule has 1 saturated carbocycles. The first kappa shape index (κ1) is 18.0. The first-order chi connectivity index (χ1) is 12.8. The van der Waals surface area contributed by atoms with E-state index in [1.165, 1.54) is 0 Å². The van der Waals surface area contributed by atoms with Gasteiger partial charge < -0.3 is 9.88 Å². The van der Waals surface area contributed by atoms with E-state index in [4.69, 9.17) is 4.78 Å². The molecular formula is C18H17F3N4OS. The molecule has 1 amide bonds. The largest absolute Gasteiger partial charge is 0.345 e. The van der Waals surface area contributed by atoms with E-state index in [0.29, 0.717) is 16.4 Å². The molecule has 0 saturated heterocycles. The van der Waals surface area contributed by atoms with E-state index in [2.05, 4.69) is 10.0 Å². The molecule has 0 radical (unpaired) electrons. The number of amides is 1. The van der Waals surface area contributed by atoms with Crippen LogP contribution in [0.15, 0.2) is 29.3 Å². The van der Waals surface area contributed by atoms with Gasteiger partial charge in [0.05, 0.1) is 4.90 Å². The molecule has 27 heavy (non-hydrogen) atoms. The van der Waals surface area contributed by atoms with Gasteiger partial charge in [-0.3, -0.25) is 9.57 Å². The van der Waals surface area contributed by atoms with Crippen molar-refractivity contribution in [2.24, 2.45) is 13.0 Å². The average Bonchev–Trinajstić information content (AvgIpc) is 3.40. The van der Waals surface area contributed by atoms with Gasteiger partial charge in [-0.15, -0.1) is 0 Å². The second-order valence-corrected chi connectivity index (χ2v) is 8.01. The summed E-state index contributed by atoms with van der Waals surface area (Å²) in [5.74, 6) is -4.41. The van der Waals surface area contributed by atoms with Crippen molar-refractivity contribution in [3.8, 4) is 0 Å². The number of nitrogens with zero attached hydrogens (tertiary/aromatic N) is 1. The number of nitrogens with one attached hydrogen (secondary N) is 3. The van der Waals surface area contributed by atoms with Crippen molar-refractivity contribution in [1.82, 2.24) is 9.29 Å². The van der Waals surface area contributed by atoms with Crippen LogP contribution in [0.5, 0.6) is 0 Å². The van der Waals surface area contributed by atoms with Gasteiger partial charge in [0.1, 0.15) is 5.69 Å². The summed E-state index contributed by atoms with van der Waals surface area (Å²) in [7, 11) is 0.676. The van der Waals surface area contributed by atoms with Gasteiger partial charge in [0.25, 0.3) is 5.91 Å². The number of halogens is 3. The molecule has 2 heterocycles. The van der Waals surface area contributed by atoms with Crippen LogP contribution in [0.3, 0.4) is 0 Å². The van der Waals surface area contributed by atoms with Crippen LogP contribution < -0.4 is 10.0 Å². The molecule has 1 aromatic heterocycles. The maximum Gasteiger partial charge on any atom is 0.272 e. The van der Waals surface area contributed by atoms with Crippen LogP contribution >= 0.6 is 0 Å². The van der Waals surface area contributed by atoms with Gasteiger partial charge in [0, 0.05) is 42.7 Å². The van der Waals surface area contributed by atoms with Crippen molar-refractivity contribution in [3.63, 3.8) is 0 Å². The van der Waals surface area contributed by atoms with Crippen LogP contribution in [-0.4, -0.2) is 16.5 Å². The molecule has 2 atom stereocenters. The molecule has 1 aliphatic carbocycles. The maximum absolute atomic E-state index is 13.4. The van der Waals surface area contributed by atoms with Crippen LogP contribution in [0, 0.1) is 28.1 Å². The first-order valence-corrected chi connectivity index (χ1v) is 9.62. The Kier molecular flexibility index (Phi) is 4.43. The molecule has 5 nitrogen and oxygen atoms in total. The van der Waals surface area contributed by atoms with Crippen LogP contribution in [-0.2, 0) is 17.9 Å². The van der Waals surface area contributed by atoms with Gasteiger partial charge >= 0.3 is 0 Å². The zero-order chi connectivity index (χ0) is 19.3. The lowest BCUT2D eigenvalue weighted by Gasteiger charge is -2.12. The van der Waals surface area contributed by atoms with E-state index in [-0.39, 0.29) is 17.4 Å². The fraction of sp³-hybridized carbons (Fsp3) is 0.278. The fourth-order valence-corrected chi connectivity index (χ4v) is 4.51. The van der Waals surface area contributed by atoms with E-state index < -0.39 is 34.2 Å². The minimum Gasteiger partial charge on any atom is -0.345 e. The molecule has 0 spiro atoms. The van der Waals surface area contributed by atoms with Gasteiger partial charge in [-0.05, 0) is 29.6 Å². The lowest BCUT2D eigenvalue weighted by Crippen LogP contribution is -2.29. The molecule has 2 unspecified atom stereocenters. The number of hydrogen-bond acceptors (Lipinski definition) is 2. The Morgan fingerprint density at radius 3 is 2.59 bits per heavy atom. The molecule has 1 fully saturated rings. The van der Waals surface area contributed by atoms with Crippen LogP contribution in [0.2, 0.25) is 0 Å². The Labute approximate surface area is 156 Å². The van der Waals surface area contributed by atoms with Crippen molar-refractivity contribution in [1.29, 1.82) is 4.78 Å². The number of rotatable bonds is 3. The minimum absolute atomic E-state index is 0.0970. The third-order valence-electron chi connectivity index (χ3n) is 4.71. The highest BCUT2D eigenvalue weighted by Crippen LogP contribution is 2.36. The SMILES string of the molecule is Cn1cc2c(c1C(=O)Nc1cc(F)c(F)c(F)c1)C=CC(C1CC1)NS2=N. The molecule has 9 heteroatoms. The minimum atomic E-state index is -1.58. The summed E-state index contributed by atoms with van der Waals surface area (Å²) in [4.78, 5) is 13.4. The lowest BCUT2D eigenvalue weighted by atomic mass is 10.1. The Morgan fingerprint density at radius 2 is 1.96 bits per heavy atom. The summed E-state index contributed by atoms with van der Waals surface area (Å²) in [6, 6.07) is 1.56. The summed E-state index contributed by atoms with van der Waals surface area (Å²) in [6.07, 6.45) is 7.73. The number of anilines is 1. The summed E-state index contributed by atoms with van der Waals surface area (Å²) >= 11 is 0. The number of aromatic nitrogens is 1. The average molecular weight is 394 g/mol. The summed E-state index contributed by atoms with van der Waals surface area (Å²) in [6.45, 7) is 0. The molecule has 2 aliphatic rings. The highest BCUT2D eigenvalue weighted by atomic mass is 32.2. The topological polar surface area (TPSA) is 69.9 Å². The number of carbonyl (C=O) groups is 1. The normalized spacial score (nSPS) is 21.6. The van der Waals surface area contributed by atoms with E-state index in [1.54, 1.807) is 17.8 Å². The highest BCUT2D eigenvalue weighted by Gasteiger charge is 2.32. The van der Waals surface area contributed by atoms with Crippen molar-refractivity contribution < 1.29 is 18.0 Å². The van der Waals surface area contributed by atoms with Gasteiger partial charge in [-0.1, -0.05) is 12.2 Å². The van der Waals surface area contributed by atoms with Gasteiger partial charge in [-0.25, -0.2) is 17.9 Å². The van der Waals surface area contributed by atoms with Crippen molar-refractivity contribution in [3.05, 3.63) is 53.1 Å². The number of benzene rings is 1. The molecule has 1 aliphatic heterocycles. The van der Waals surface area contributed by atoms with Crippen LogP contribution in [0.1, 0.15) is 28.9 Å². The first-order valence-electron chi connectivity index (χ1n) is 8.40. The zero-order valence-electron chi connectivity index (χ0n) is 14.4. The van der Waals surface area contributed by atoms with Crippen LogP contribution in [0.25, 0.3) is 6.08 Å².